The zero-order valence-electron chi connectivity index (χ0n) is 14.3. The summed E-state index contributed by atoms with van der Waals surface area (Å²) in [6, 6.07) is 12.0. The van der Waals surface area contributed by atoms with Crippen molar-refractivity contribution in [1.29, 1.82) is 0 Å². The van der Waals surface area contributed by atoms with Gasteiger partial charge in [0.2, 0.25) is 0 Å². The van der Waals surface area contributed by atoms with Crippen molar-refractivity contribution in [3.05, 3.63) is 91.4 Å². The van der Waals surface area contributed by atoms with Gasteiger partial charge in [0.15, 0.2) is 10.5 Å². The van der Waals surface area contributed by atoms with E-state index < -0.39 is 25.6 Å². The van der Waals surface area contributed by atoms with Crippen molar-refractivity contribution in [2.75, 3.05) is 0 Å². The summed E-state index contributed by atoms with van der Waals surface area (Å²) in [7, 11) is -5.02. The molecule has 0 spiro atoms. The quantitative estimate of drug-likeness (QED) is 0.239. The van der Waals surface area contributed by atoms with Crippen LogP contribution in [0, 0.1) is 0 Å². The minimum Gasteiger partial charge on any atom is -0.508 e. The lowest BCUT2D eigenvalue weighted by Crippen LogP contribution is -2.38. The van der Waals surface area contributed by atoms with Gasteiger partial charge >= 0.3 is 0 Å². The van der Waals surface area contributed by atoms with Crippen LogP contribution in [0.25, 0.3) is 0 Å². The van der Waals surface area contributed by atoms with Crippen molar-refractivity contribution in [2.24, 2.45) is 0 Å². The van der Waals surface area contributed by atoms with Crippen molar-refractivity contribution in [3.63, 3.8) is 0 Å². The Morgan fingerprint density at radius 1 is 0.793 bits per heavy atom. The normalized spacial score (nSPS) is 13.8. The zero-order chi connectivity index (χ0) is 21.6. The average Bonchev–Trinajstić information content (AvgIpc) is 2.65. The summed E-state index contributed by atoms with van der Waals surface area (Å²) in [6.07, 6.45) is 0. The van der Waals surface area contributed by atoms with Crippen LogP contribution >= 0.6 is 46.4 Å². The van der Waals surface area contributed by atoms with Crippen molar-refractivity contribution in [2.45, 2.75) is 4.75 Å². The Balaban J connectivity index is 2.59. The molecule has 0 aliphatic rings. The third-order valence-electron chi connectivity index (χ3n) is 4.40. The Bertz CT molecular complexity index is 1200. The van der Waals surface area contributed by atoms with Gasteiger partial charge in [0.25, 0.3) is 10.1 Å². The SMILES string of the molecule is O=S(=O)(O)C(c1ccc(Cl)cc1)(c1cccc(O)c1)c1cc(Cl)c(O)c(Cl)c1Cl. The van der Waals surface area contributed by atoms with Gasteiger partial charge in [-0.15, -0.1) is 0 Å². The van der Waals surface area contributed by atoms with Gasteiger partial charge in [0.05, 0.1) is 10.0 Å². The molecular formula is C19H12Cl4O5S. The molecule has 0 heterocycles. The Kier molecular flexibility index (Phi) is 5.98. The molecule has 3 aromatic rings. The number of hydrogen-bond donors (Lipinski definition) is 3. The zero-order valence-corrected chi connectivity index (χ0v) is 18.1. The van der Waals surface area contributed by atoms with E-state index in [9.17, 15) is 23.2 Å². The number of rotatable bonds is 4. The molecule has 0 bridgehead atoms. The van der Waals surface area contributed by atoms with Crippen LogP contribution in [0.5, 0.6) is 11.5 Å². The Morgan fingerprint density at radius 3 is 1.97 bits per heavy atom. The summed E-state index contributed by atoms with van der Waals surface area (Å²) in [4.78, 5) is 0. The fourth-order valence-electron chi connectivity index (χ4n) is 3.17. The van der Waals surface area contributed by atoms with Crippen LogP contribution in [-0.2, 0) is 14.9 Å². The first-order valence-electron chi connectivity index (χ1n) is 7.89. The van der Waals surface area contributed by atoms with E-state index in [4.69, 9.17) is 46.4 Å². The summed E-state index contributed by atoms with van der Waals surface area (Å²) in [5.41, 5.74) is -0.209. The highest BCUT2D eigenvalue weighted by molar-refractivity contribution is 7.87. The molecule has 1 atom stereocenters. The molecule has 0 saturated heterocycles. The number of benzene rings is 3. The second-order valence-corrected chi connectivity index (χ2v) is 9.26. The highest BCUT2D eigenvalue weighted by atomic mass is 35.5. The summed E-state index contributed by atoms with van der Waals surface area (Å²) >= 11 is 24.4. The molecule has 0 aliphatic heterocycles. The van der Waals surface area contributed by atoms with E-state index in [-0.39, 0.29) is 32.5 Å². The van der Waals surface area contributed by atoms with E-state index in [1.807, 2.05) is 0 Å². The van der Waals surface area contributed by atoms with Gasteiger partial charge in [-0.25, -0.2) is 0 Å². The van der Waals surface area contributed by atoms with Crippen molar-refractivity contribution >= 4 is 56.5 Å². The van der Waals surface area contributed by atoms with Crippen molar-refractivity contribution in [1.82, 2.24) is 0 Å². The molecule has 3 rings (SSSR count). The van der Waals surface area contributed by atoms with Crippen LogP contribution in [0.4, 0.5) is 0 Å². The lowest BCUT2D eigenvalue weighted by Gasteiger charge is -2.33. The van der Waals surface area contributed by atoms with Crippen LogP contribution in [-0.4, -0.2) is 23.2 Å². The standard InChI is InChI=1S/C19H12Cl4O5S/c20-12-6-4-10(5-7-12)19(29(26,27)28,11-2-1-3-13(24)8-11)14-9-15(21)18(25)17(23)16(14)22/h1-9,24-25H,(H,26,27,28). The van der Waals surface area contributed by atoms with Gasteiger partial charge in [-0.1, -0.05) is 70.7 Å². The predicted molar refractivity (Wildman–Crippen MR) is 114 cm³/mol. The Morgan fingerprint density at radius 2 is 1.41 bits per heavy atom. The maximum Gasteiger partial charge on any atom is 0.283 e. The minimum absolute atomic E-state index is 0.0398. The number of phenols is 2. The van der Waals surface area contributed by atoms with E-state index in [1.165, 1.54) is 42.5 Å². The first-order chi connectivity index (χ1) is 13.5. The number of hydrogen-bond acceptors (Lipinski definition) is 4. The second kappa shape index (κ2) is 7.87. The molecule has 3 N–H and O–H groups in total. The first kappa shape index (κ1) is 22.0. The second-order valence-electron chi connectivity index (χ2n) is 6.10. The molecule has 10 heteroatoms. The fraction of sp³-hybridized carbons (Fsp3) is 0.0526. The van der Waals surface area contributed by atoms with E-state index in [2.05, 4.69) is 0 Å². The number of halogens is 4. The maximum absolute atomic E-state index is 12.9. The minimum atomic E-state index is -5.02. The molecule has 0 amide bonds. The molecule has 5 nitrogen and oxygen atoms in total. The highest BCUT2D eigenvalue weighted by Gasteiger charge is 2.50. The molecule has 0 saturated carbocycles. The Hall–Kier alpha value is -1.67. The fourth-order valence-corrected chi connectivity index (χ4v) is 5.39. The van der Waals surface area contributed by atoms with Gasteiger partial charge in [0.1, 0.15) is 10.8 Å². The largest absolute Gasteiger partial charge is 0.508 e. The van der Waals surface area contributed by atoms with Gasteiger partial charge in [-0.3, -0.25) is 4.55 Å². The maximum atomic E-state index is 12.9. The van der Waals surface area contributed by atoms with Crippen LogP contribution in [0.2, 0.25) is 20.1 Å². The molecular weight excluding hydrogens is 482 g/mol. The smallest absolute Gasteiger partial charge is 0.283 e. The van der Waals surface area contributed by atoms with E-state index in [1.54, 1.807) is 0 Å². The van der Waals surface area contributed by atoms with Crippen LogP contribution in [0.1, 0.15) is 16.7 Å². The van der Waals surface area contributed by atoms with Crippen LogP contribution in [0.3, 0.4) is 0 Å². The molecule has 152 valence electrons. The highest BCUT2D eigenvalue weighted by Crippen LogP contribution is 2.51. The van der Waals surface area contributed by atoms with Gasteiger partial charge in [-0.2, -0.15) is 8.42 Å². The third-order valence-corrected chi connectivity index (χ3v) is 7.27. The topological polar surface area (TPSA) is 94.8 Å². The Labute approximate surface area is 186 Å². The summed E-state index contributed by atoms with van der Waals surface area (Å²) in [5.74, 6) is -0.796. The first-order valence-corrected chi connectivity index (χ1v) is 10.8. The number of phenolic OH excluding ortho intramolecular Hbond substituents is 2. The van der Waals surface area contributed by atoms with E-state index in [0.29, 0.717) is 5.02 Å². The molecule has 0 fully saturated rings. The van der Waals surface area contributed by atoms with Crippen molar-refractivity contribution < 1.29 is 23.2 Å². The molecule has 3 aromatic carbocycles. The monoisotopic (exact) mass is 492 g/mol. The lowest BCUT2D eigenvalue weighted by atomic mass is 9.83. The van der Waals surface area contributed by atoms with E-state index >= 15 is 0 Å². The average molecular weight is 494 g/mol. The molecule has 1 unspecified atom stereocenters. The van der Waals surface area contributed by atoms with Gasteiger partial charge in [-0.05, 0) is 41.5 Å². The summed E-state index contributed by atoms with van der Waals surface area (Å²) in [6.45, 7) is 0. The number of aromatic hydroxyl groups is 2. The van der Waals surface area contributed by atoms with Crippen LogP contribution < -0.4 is 0 Å². The molecule has 0 aliphatic carbocycles. The molecule has 0 radical (unpaired) electrons. The van der Waals surface area contributed by atoms with Crippen LogP contribution in [0.15, 0.2) is 54.6 Å². The lowest BCUT2D eigenvalue weighted by molar-refractivity contribution is 0.455. The van der Waals surface area contributed by atoms with Gasteiger partial charge < -0.3 is 10.2 Å². The van der Waals surface area contributed by atoms with Gasteiger partial charge in [0, 0.05) is 10.6 Å². The third kappa shape index (κ3) is 3.65. The van der Waals surface area contributed by atoms with Crippen molar-refractivity contribution in [3.8, 4) is 11.5 Å². The molecule has 29 heavy (non-hydrogen) atoms. The predicted octanol–water partition coefficient (Wildman–Crippen LogP) is 5.89. The molecule has 0 aromatic heterocycles. The summed E-state index contributed by atoms with van der Waals surface area (Å²) < 4.78 is 34.0. The summed E-state index contributed by atoms with van der Waals surface area (Å²) in [5, 5.41) is 19.3. The van der Waals surface area contributed by atoms with E-state index in [0.717, 1.165) is 12.1 Å².